The highest BCUT2D eigenvalue weighted by Crippen LogP contribution is 2.31. The zero-order valence-electron chi connectivity index (χ0n) is 14.4. The van der Waals surface area contributed by atoms with Crippen LogP contribution in [0.15, 0.2) is 36.7 Å². The van der Waals surface area contributed by atoms with Gasteiger partial charge in [0.15, 0.2) is 0 Å². The van der Waals surface area contributed by atoms with Crippen molar-refractivity contribution >= 4 is 11.6 Å². The molecule has 3 aromatic rings. The molecule has 9 heteroatoms. The van der Waals surface area contributed by atoms with Gasteiger partial charge >= 0.3 is 6.61 Å². The molecule has 1 unspecified atom stereocenters. The third-order valence-electron chi connectivity index (χ3n) is 3.84. The van der Waals surface area contributed by atoms with E-state index in [-0.39, 0.29) is 11.8 Å². The van der Waals surface area contributed by atoms with E-state index in [0.29, 0.717) is 35.9 Å². The van der Waals surface area contributed by atoms with Crippen LogP contribution in [-0.4, -0.2) is 33.3 Å². The van der Waals surface area contributed by atoms with E-state index in [4.69, 9.17) is 4.74 Å². The highest BCUT2D eigenvalue weighted by Gasteiger charge is 2.18. The van der Waals surface area contributed by atoms with Gasteiger partial charge in [0, 0.05) is 18.7 Å². The van der Waals surface area contributed by atoms with Crippen LogP contribution in [0.3, 0.4) is 0 Å². The predicted octanol–water partition coefficient (Wildman–Crippen LogP) is 3.44. The van der Waals surface area contributed by atoms with Gasteiger partial charge in [-0.2, -0.15) is 23.4 Å². The number of alkyl halides is 2. The molecule has 0 aliphatic heterocycles. The minimum Gasteiger partial charge on any atom is -0.434 e. The van der Waals surface area contributed by atoms with Gasteiger partial charge in [0.1, 0.15) is 17.9 Å². The zero-order chi connectivity index (χ0) is 18.5. The molecule has 138 valence electrons. The van der Waals surface area contributed by atoms with Crippen molar-refractivity contribution in [2.45, 2.75) is 32.6 Å². The van der Waals surface area contributed by atoms with Crippen molar-refractivity contribution in [3.05, 3.63) is 47.9 Å². The lowest BCUT2D eigenvalue weighted by molar-refractivity contribution is -0.0505. The van der Waals surface area contributed by atoms with Gasteiger partial charge in [-0.3, -0.25) is 0 Å². The Bertz CT molecular complexity index is 871. The quantitative estimate of drug-likeness (QED) is 0.661. The Morgan fingerprint density at radius 3 is 2.81 bits per heavy atom. The summed E-state index contributed by atoms with van der Waals surface area (Å²) in [5, 5.41) is 7.49. The molecule has 1 N–H and O–H groups in total. The lowest BCUT2D eigenvalue weighted by Crippen LogP contribution is -2.16. The summed E-state index contributed by atoms with van der Waals surface area (Å²) in [6.45, 7) is -0.614. The number of hydrogen-bond donors (Lipinski definition) is 1. The molecule has 0 spiro atoms. The molecule has 0 aliphatic carbocycles. The van der Waals surface area contributed by atoms with Crippen LogP contribution < -0.4 is 10.1 Å². The normalized spacial score (nSPS) is 12.5. The Morgan fingerprint density at radius 2 is 2.08 bits per heavy atom. The number of para-hydroxylation sites is 1. The third-order valence-corrected chi connectivity index (χ3v) is 3.84. The molecule has 0 aliphatic rings. The molecule has 26 heavy (non-hydrogen) atoms. The van der Waals surface area contributed by atoms with E-state index in [1.807, 2.05) is 6.92 Å². The minimum atomic E-state index is -2.88. The average molecular weight is 363 g/mol. The summed E-state index contributed by atoms with van der Waals surface area (Å²) in [6.07, 6.45) is 2.04. The predicted molar refractivity (Wildman–Crippen MR) is 91.2 cm³/mol. The van der Waals surface area contributed by atoms with E-state index in [1.165, 1.54) is 12.4 Å². The SMILES string of the molecule is CCC(Nc1cc(COC)nc2ncnn12)c1ccccc1OC(F)F. The van der Waals surface area contributed by atoms with E-state index >= 15 is 0 Å². The Labute approximate surface area is 149 Å². The fourth-order valence-corrected chi connectivity index (χ4v) is 2.74. The molecule has 3 rings (SSSR count). The van der Waals surface area contributed by atoms with Gasteiger partial charge in [-0.25, -0.2) is 4.98 Å². The molecule has 0 fully saturated rings. The Kier molecular flexibility index (Phi) is 5.57. The second-order valence-electron chi connectivity index (χ2n) is 5.56. The second-order valence-corrected chi connectivity index (χ2v) is 5.56. The summed E-state index contributed by atoms with van der Waals surface area (Å²) in [5.41, 5.74) is 1.32. The zero-order valence-corrected chi connectivity index (χ0v) is 14.4. The number of nitrogens with one attached hydrogen (secondary N) is 1. The van der Waals surface area contributed by atoms with Gasteiger partial charge < -0.3 is 14.8 Å². The van der Waals surface area contributed by atoms with Gasteiger partial charge in [-0.05, 0) is 12.5 Å². The first-order chi connectivity index (χ1) is 12.6. The van der Waals surface area contributed by atoms with Gasteiger partial charge in [-0.15, -0.1) is 0 Å². The molecular formula is C17H19F2N5O2. The maximum absolute atomic E-state index is 12.7. The van der Waals surface area contributed by atoms with Crippen LogP contribution in [0.5, 0.6) is 5.75 Å². The van der Waals surface area contributed by atoms with Crippen molar-refractivity contribution in [2.24, 2.45) is 0 Å². The Hall–Kier alpha value is -2.81. The summed E-state index contributed by atoms with van der Waals surface area (Å²) < 4.78 is 36.8. The first-order valence-corrected chi connectivity index (χ1v) is 8.11. The summed E-state index contributed by atoms with van der Waals surface area (Å²) in [5.74, 6) is 1.20. The number of methoxy groups -OCH3 is 1. The number of fused-ring (bicyclic) bond motifs is 1. The molecular weight excluding hydrogens is 344 g/mol. The fraction of sp³-hybridized carbons (Fsp3) is 0.353. The van der Waals surface area contributed by atoms with Crippen LogP contribution in [0.2, 0.25) is 0 Å². The van der Waals surface area contributed by atoms with Crippen LogP contribution in [0, 0.1) is 0 Å². The summed E-state index contributed by atoms with van der Waals surface area (Å²) in [7, 11) is 1.58. The standard InChI is InChI=1S/C17H19F2N5O2/c1-3-13(12-6-4-5-7-14(12)26-16(18)19)23-15-8-11(9-25-2)22-17-20-10-21-24(15)17/h4-8,10,13,16,23H,3,9H2,1-2H3. The fourth-order valence-electron chi connectivity index (χ4n) is 2.74. The van der Waals surface area contributed by atoms with Gasteiger partial charge in [-0.1, -0.05) is 25.1 Å². The number of halogens is 2. The first-order valence-electron chi connectivity index (χ1n) is 8.11. The molecule has 2 aromatic heterocycles. The monoisotopic (exact) mass is 363 g/mol. The summed E-state index contributed by atoms with van der Waals surface area (Å²) in [4.78, 5) is 8.46. The van der Waals surface area contributed by atoms with Gasteiger partial charge in [0.25, 0.3) is 5.78 Å². The number of nitrogens with zero attached hydrogens (tertiary/aromatic N) is 4. The number of aromatic nitrogens is 4. The molecule has 0 saturated heterocycles. The third kappa shape index (κ3) is 3.88. The lowest BCUT2D eigenvalue weighted by Gasteiger charge is -2.22. The molecule has 1 aromatic carbocycles. The number of benzene rings is 1. The van der Waals surface area contributed by atoms with Crippen molar-refractivity contribution in [1.82, 2.24) is 19.6 Å². The molecule has 0 bridgehead atoms. The maximum Gasteiger partial charge on any atom is 0.387 e. The first kappa shape index (κ1) is 18.0. The van der Waals surface area contributed by atoms with Crippen molar-refractivity contribution in [1.29, 1.82) is 0 Å². The van der Waals surface area contributed by atoms with E-state index in [0.717, 1.165) is 0 Å². The van der Waals surface area contributed by atoms with Crippen molar-refractivity contribution in [2.75, 3.05) is 12.4 Å². The number of anilines is 1. The van der Waals surface area contributed by atoms with Crippen LogP contribution in [0.4, 0.5) is 14.6 Å². The van der Waals surface area contributed by atoms with Crippen LogP contribution in [0.25, 0.3) is 5.78 Å². The number of rotatable bonds is 8. The molecule has 0 amide bonds. The van der Waals surface area contributed by atoms with E-state index in [2.05, 4.69) is 25.1 Å². The molecule has 1 atom stereocenters. The smallest absolute Gasteiger partial charge is 0.387 e. The van der Waals surface area contributed by atoms with Crippen LogP contribution in [0.1, 0.15) is 30.6 Å². The minimum absolute atomic E-state index is 0.142. The number of ether oxygens (including phenoxy) is 2. The summed E-state index contributed by atoms with van der Waals surface area (Å²) in [6, 6.07) is 8.26. The molecule has 2 heterocycles. The largest absolute Gasteiger partial charge is 0.434 e. The highest BCUT2D eigenvalue weighted by molar-refractivity contribution is 5.48. The molecule has 0 radical (unpaired) electrons. The topological polar surface area (TPSA) is 73.6 Å². The molecule has 0 saturated carbocycles. The van der Waals surface area contributed by atoms with E-state index < -0.39 is 6.61 Å². The van der Waals surface area contributed by atoms with Crippen molar-refractivity contribution in [3.63, 3.8) is 0 Å². The van der Waals surface area contributed by atoms with Gasteiger partial charge in [0.05, 0.1) is 18.3 Å². The Morgan fingerprint density at radius 1 is 1.27 bits per heavy atom. The van der Waals surface area contributed by atoms with Gasteiger partial charge in [0.2, 0.25) is 0 Å². The van der Waals surface area contributed by atoms with Crippen molar-refractivity contribution in [3.8, 4) is 5.75 Å². The van der Waals surface area contributed by atoms with E-state index in [9.17, 15) is 8.78 Å². The average Bonchev–Trinajstić information content (AvgIpc) is 3.09. The summed E-state index contributed by atoms with van der Waals surface area (Å²) >= 11 is 0. The lowest BCUT2D eigenvalue weighted by atomic mass is 10.0. The van der Waals surface area contributed by atoms with E-state index in [1.54, 1.807) is 35.9 Å². The second kappa shape index (κ2) is 8.05. The van der Waals surface area contributed by atoms with Crippen LogP contribution >= 0.6 is 0 Å². The maximum atomic E-state index is 12.7. The van der Waals surface area contributed by atoms with Crippen molar-refractivity contribution < 1.29 is 18.3 Å². The Balaban J connectivity index is 1.96. The number of hydrogen-bond acceptors (Lipinski definition) is 6. The highest BCUT2D eigenvalue weighted by atomic mass is 19.3. The van der Waals surface area contributed by atoms with Crippen LogP contribution in [-0.2, 0) is 11.3 Å². The molecule has 7 nitrogen and oxygen atoms in total.